The molecule has 1 saturated heterocycles. The van der Waals surface area contributed by atoms with E-state index in [1.807, 2.05) is 40.9 Å². The molecule has 2 rings (SSSR count). The van der Waals surface area contributed by atoms with Crippen molar-refractivity contribution in [1.82, 2.24) is 4.90 Å². The van der Waals surface area contributed by atoms with Crippen LogP contribution >= 0.6 is 0 Å². The fourth-order valence-electron chi connectivity index (χ4n) is 2.48. The van der Waals surface area contributed by atoms with Crippen molar-refractivity contribution in [2.45, 2.75) is 32.7 Å². The fraction of sp³-hybridized carbons (Fsp3) is 0.533. The highest BCUT2D eigenvalue weighted by atomic mass is 16.2. The third-order valence-electron chi connectivity index (χ3n) is 3.89. The molecule has 1 fully saturated rings. The molecule has 2 heterocycles. The van der Waals surface area contributed by atoms with Crippen LogP contribution < -0.4 is 10.3 Å². The average Bonchev–Trinajstić information content (AvgIpc) is 2.46. The van der Waals surface area contributed by atoms with Crippen molar-refractivity contribution < 1.29 is 14.2 Å². The first kappa shape index (κ1) is 14.5. The van der Waals surface area contributed by atoms with Gasteiger partial charge in [-0.2, -0.15) is 0 Å². The number of nitrogens with two attached hydrogens (primary N) is 1. The summed E-state index contributed by atoms with van der Waals surface area (Å²) in [6.07, 6.45) is 5.86. The van der Waals surface area contributed by atoms with Crippen molar-refractivity contribution in [2.75, 3.05) is 13.1 Å². The van der Waals surface area contributed by atoms with E-state index in [4.69, 9.17) is 5.73 Å². The zero-order valence-corrected chi connectivity index (χ0v) is 11.9. The Morgan fingerprint density at radius 3 is 2.45 bits per heavy atom. The van der Waals surface area contributed by atoms with Crippen LogP contribution in [0.3, 0.4) is 0 Å². The molecule has 1 aliphatic rings. The molecule has 0 saturated carbocycles. The summed E-state index contributed by atoms with van der Waals surface area (Å²) in [5.74, 6) is -0.154. The van der Waals surface area contributed by atoms with Crippen molar-refractivity contribution in [3.05, 3.63) is 30.1 Å². The molecule has 0 radical (unpaired) electrons. The monoisotopic (exact) mass is 276 g/mol. The molecule has 0 spiro atoms. The van der Waals surface area contributed by atoms with Gasteiger partial charge in [-0.15, -0.1) is 0 Å². The Morgan fingerprint density at radius 1 is 1.30 bits per heavy atom. The smallest absolute Gasteiger partial charge is 0.228 e. The zero-order chi connectivity index (χ0) is 14.5. The van der Waals surface area contributed by atoms with Gasteiger partial charge < -0.3 is 10.6 Å². The van der Waals surface area contributed by atoms with Crippen LogP contribution in [-0.2, 0) is 16.1 Å². The van der Waals surface area contributed by atoms with E-state index in [0.29, 0.717) is 38.9 Å². The minimum Gasteiger partial charge on any atom is -0.369 e. The second kappa shape index (κ2) is 6.50. The highest BCUT2D eigenvalue weighted by molar-refractivity contribution is 5.78. The van der Waals surface area contributed by atoms with E-state index < -0.39 is 0 Å². The highest BCUT2D eigenvalue weighted by Gasteiger charge is 2.25. The Morgan fingerprint density at radius 2 is 1.90 bits per heavy atom. The van der Waals surface area contributed by atoms with Gasteiger partial charge in [-0.1, -0.05) is 0 Å². The SMILES string of the molecule is Cc1cc[n+](CCC(=O)N2CCC(C(N)=O)CC2)cc1. The molecule has 5 heteroatoms. The van der Waals surface area contributed by atoms with Crippen LogP contribution in [0.25, 0.3) is 0 Å². The van der Waals surface area contributed by atoms with Gasteiger partial charge in [-0.25, -0.2) is 4.57 Å². The predicted molar refractivity (Wildman–Crippen MR) is 74.5 cm³/mol. The van der Waals surface area contributed by atoms with E-state index in [1.54, 1.807) is 0 Å². The van der Waals surface area contributed by atoms with Gasteiger partial charge in [-0.3, -0.25) is 9.59 Å². The number of carbonyl (C=O) groups excluding carboxylic acids is 2. The lowest BCUT2D eigenvalue weighted by molar-refractivity contribution is -0.696. The zero-order valence-electron chi connectivity index (χ0n) is 11.9. The standard InChI is InChI=1S/C15H21N3O2/c1-12-2-7-17(8-3-12)9-6-14(19)18-10-4-13(5-11-18)15(16)20/h2-3,7-8,13H,4-6,9-11H2,1H3,(H-,16,20)/p+1. The van der Waals surface area contributed by atoms with Crippen LogP contribution in [0.1, 0.15) is 24.8 Å². The largest absolute Gasteiger partial charge is 0.369 e. The van der Waals surface area contributed by atoms with Crippen LogP contribution in [0.15, 0.2) is 24.5 Å². The predicted octanol–water partition coefficient (Wildman–Crippen LogP) is 0.397. The Balaban J connectivity index is 1.78. The van der Waals surface area contributed by atoms with Crippen molar-refractivity contribution in [3.8, 4) is 0 Å². The van der Waals surface area contributed by atoms with Gasteiger partial charge in [0.15, 0.2) is 18.9 Å². The molecule has 2 N–H and O–H groups in total. The number of pyridine rings is 1. The van der Waals surface area contributed by atoms with Gasteiger partial charge in [0.1, 0.15) is 0 Å². The molecule has 1 aliphatic heterocycles. The van der Waals surface area contributed by atoms with Crippen LogP contribution in [0.5, 0.6) is 0 Å². The Labute approximate surface area is 119 Å². The maximum Gasteiger partial charge on any atom is 0.228 e. The Bertz CT molecular complexity index is 476. The second-order valence-corrected chi connectivity index (χ2v) is 5.42. The van der Waals surface area contributed by atoms with Gasteiger partial charge in [-0.05, 0) is 25.3 Å². The first-order chi connectivity index (χ1) is 9.56. The number of hydrogen-bond donors (Lipinski definition) is 1. The first-order valence-corrected chi connectivity index (χ1v) is 7.09. The summed E-state index contributed by atoms with van der Waals surface area (Å²) in [4.78, 5) is 25.0. The van der Waals surface area contributed by atoms with Gasteiger partial charge >= 0.3 is 0 Å². The summed E-state index contributed by atoms with van der Waals surface area (Å²) in [6, 6.07) is 4.06. The van der Waals surface area contributed by atoms with Crippen LogP contribution in [0.4, 0.5) is 0 Å². The molecule has 5 nitrogen and oxygen atoms in total. The summed E-state index contributed by atoms with van der Waals surface area (Å²) in [7, 11) is 0. The van der Waals surface area contributed by atoms with Gasteiger partial charge in [0.05, 0.1) is 6.42 Å². The van der Waals surface area contributed by atoms with Crippen molar-refractivity contribution in [3.63, 3.8) is 0 Å². The molecule has 2 amide bonds. The lowest BCUT2D eigenvalue weighted by atomic mass is 9.96. The van der Waals surface area contributed by atoms with E-state index >= 15 is 0 Å². The second-order valence-electron chi connectivity index (χ2n) is 5.42. The number of amides is 2. The number of aromatic nitrogens is 1. The normalized spacial score (nSPS) is 16.1. The summed E-state index contributed by atoms with van der Waals surface area (Å²) in [5, 5.41) is 0. The minimum atomic E-state index is -0.243. The molecule has 1 aromatic heterocycles. The number of piperidine rings is 1. The van der Waals surface area contributed by atoms with Gasteiger partial charge in [0, 0.05) is 31.1 Å². The molecule has 0 aromatic carbocycles. The summed E-state index contributed by atoms with van der Waals surface area (Å²) < 4.78 is 2.01. The molecule has 0 bridgehead atoms. The number of rotatable bonds is 4. The molecular weight excluding hydrogens is 254 g/mol. The highest BCUT2D eigenvalue weighted by Crippen LogP contribution is 2.17. The number of carbonyl (C=O) groups is 2. The molecular formula is C15H22N3O2+. The van der Waals surface area contributed by atoms with Crippen LogP contribution in [0.2, 0.25) is 0 Å². The van der Waals surface area contributed by atoms with Gasteiger partial charge in [0.2, 0.25) is 11.8 Å². The quantitative estimate of drug-likeness (QED) is 0.809. The first-order valence-electron chi connectivity index (χ1n) is 7.09. The molecule has 1 aromatic rings. The van der Waals surface area contributed by atoms with E-state index in [9.17, 15) is 9.59 Å². The van der Waals surface area contributed by atoms with E-state index in [1.165, 1.54) is 5.56 Å². The number of primary amides is 1. The van der Waals surface area contributed by atoms with E-state index in [-0.39, 0.29) is 17.7 Å². The molecule has 0 unspecified atom stereocenters. The number of nitrogens with zero attached hydrogens (tertiary/aromatic N) is 2. The summed E-state index contributed by atoms with van der Waals surface area (Å²) in [6.45, 7) is 4.02. The maximum absolute atomic E-state index is 12.1. The van der Waals surface area contributed by atoms with Crippen molar-refractivity contribution >= 4 is 11.8 Å². The Kier molecular flexibility index (Phi) is 4.71. The maximum atomic E-state index is 12.1. The fourth-order valence-corrected chi connectivity index (χ4v) is 2.48. The lowest BCUT2D eigenvalue weighted by Gasteiger charge is -2.30. The third-order valence-corrected chi connectivity index (χ3v) is 3.89. The third kappa shape index (κ3) is 3.79. The molecule has 0 atom stereocenters. The van der Waals surface area contributed by atoms with Crippen molar-refractivity contribution in [1.29, 1.82) is 0 Å². The number of likely N-dealkylation sites (tertiary alicyclic amines) is 1. The van der Waals surface area contributed by atoms with E-state index in [2.05, 4.69) is 0 Å². The average molecular weight is 276 g/mol. The topological polar surface area (TPSA) is 67.3 Å². The summed E-state index contributed by atoms with van der Waals surface area (Å²) >= 11 is 0. The van der Waals surface area contributed by atoms with Crippen LogP contribution in [0, 0.1) is 12.8 Å². The molecule has 0 aliphatic carbocycles. The Hall–Kier alpha value is -1.91. The van der Waals surface area contributed by atoms with Gasteiger partial charge in [0.25, 0.3) is 0 Å². The van der Waals surface area contributed by atoms with Crippen molar-refractivity contribution in [2.24, 2.45) is 11.7 Å². The molecule has 20 heavy (non-hydrogen) atoms. The minimum absolute atomic E-state index is 0.0643. The summed E-state index contributed by atoms with van der Waals surface area (Å²) in [5.41, 5.74) is 6.50. The number of aryl methyl sites for hydroxylation is 2. The lowest BCUT2D eigenvalue weighted by Crippen LogP contribution is -2.43. The molecule has 108 valence electrons. The van der Waals surface area contributed by atoms with Crippen LogP contribution in [-0.4, -0.2) is 29.8 Å². The number of hydrogen-bond acceptors (Lipinski definition) is 2. The van der Waals surface area contributed by atoms with E-state index in [0.717, 1.165) is 0 Å².